The highest BCUT2D eigenvalue weighted by Crippen LogP contribution is 2.45. The first kappa shape index (κ1) is 26.4. The third-order valence-corrected chi connectivity index (χ3v) is 7.79. The number of ether oxygens (including phenoxy) is 2. The van der Waals surface area contributed by atoms with Crippen LogP contribution in [0.2, 0.25) is 0 Å². The van der Waals surface area contributed by atoms with Crippen molar-refractivity contribution in [2.24, 2.45) is 0 Å². The van der Waals surface area contributed by atoms with Crippen molar-refractivity contribution in [3.8, 4) is 5.75 Å². The number of esters is 1. The van der Waals surface area contributed by atoms with Crippen molar-refractivity contribution in [1.82, 2.24) is 5.32 Å². The molecule has 0 fully saturated rings. The Hall–Kier alpha value is -4.85. The molecule has 0 spiro atoms. The summed E-state index contributed by atoms with van der Waals surface area (Å²) < 4.78 is 22.4. The molecule has 4 aromatic rings. The number of fused-ring (bicyclic) bond motifs is 1. The molecule has 0 radical (unpaired) electrons. The number of ketones is 1. The maximum atomic E-state index is 13.9. The Morgan fingerprint density at radius 3 is 2.56 bits per heavy atom. The van der Waals surface area contributed by atoms with Crippen LogP contribution in [-0.2, 0) is 20.9 Å². The number of hydrogen-bond donors (Lipinski definition) is 1. The molecule has 0 amide bonds. The van der Waals surface area contributed by atoms with Gasteiger partial charge < -0.3 is 23.6 Å². The molecular weight excluding hydrogens is 522 g/mol. The van der Waals surface area contributed by atoms with Crippen LogP contribution in [0.5, 0.6) is 5.75 Å². The minimum Gasteiger partial charge on any atom is -0.497 e. The van der Waals surface area contributed by atoms with Crippen LogP contribution < -0.4 is 15.5 Å². The topological polar surface area (TPSA) is 108 Å². The molecule has 0 saturated carbocycles. The average Bonchev–Trinajstić information content (AvgIpc) is 3.51. The molecule has 2 atom stereocenters. The van der Waals surface area contributed by atoms with Crippen LogP contribution in [0.25, 0.3) is 11.0 Å². The van der Waals surface area contributed by atoms with E-state index in [0.717, 1.165) is 16.9 Å². The van der Waals surface area contributed by atoms with E-state index in [1.54, 1.807) is 50.6 Å². The van der Waals surface area contributed by atoms with Gasteiger partial charge in [-0.3, -0.25) is 9.59 Å². The molecule has 2 aromatic heterocycles. The van der Waals surface area contributed by atoms with Crippen molar-refractivity contribution in [3.63, 3.8) is 0 Å². The van der Waals surface area contributed by atoms with E-state index in [1.807, 2.05) is 31.2 Å². The Kier molecular flexibility index (Phi) is 6.83. The lowest BCUT2D eigenvalue weighted by Crippen LogP contribution is -2.37. The van der Waals surface area contributed by atoms with Gasteiger partial charge in [-0.25, -0.2) is 4.79 Å². The van der Waals surface area contributed by atoms with Crippen molar-refractivity contribution in [2.75, 3.05) is 7.11 Å². The molecular formula is C33H29NO7. The standard InChI is InChI=1S/C33H29NO7/c1-18-6-11-28-23(13-18)32(36)24(17-40-28)30-29(33(37)41-16-20-7-9-22(38-3)10-8-20)19(2)34-25-14-21(15-26(35)31(25)30)27-5-4-12-39-27/h4-13,17,21,30,34H,14-16H2,1-3H3. The second-order valence-corrected chi connectivity index (χ2v) is 10.5. The third-order valence-electron chi connectivity index (χ3n) is 7.79. The number of nitrogens with one attached hydrogen (secondary N) is 1. The van der Waals surface area contributed by atoms with Crippen LogP contribution in [0, 0.1) is 6.92 Å². The molecule has 1 aliphatic heterocycles. The van der Waals surface area contributed by atoms with E-state index >= 15 is 0 Å². The van der Waals surface area contributed by atoms with Gasteiger partial charge in [-0.1, -0.05) is 23.8 Å². The van der Waals surface area contributed by atoms with Gasteiger partial charge in [0.2, 0.25) is 0 Å². The summed E-state index contributed by atoms with van der Waals surface area (Å²) in [6.45, 7) is 3.66. The summed E-state index contributed by atoms with van der Waals surface area (Å²) in [6, 6.07) is 16.2. The smallest absolute Gasteiger partial charge is 0.337 e. The highest BCUT2D eigenvalue weighted by Gasteiger charge is 2.43. The number of Topliss-reactive ketones (excluding diaryl/α,β-unsaturated/α-hetero) is 1. The predicted molar refractivity (Wildman–Crippen MR) is 151 cm³/mol. The summed E-state index contributed by atoms with van der Waals surface area (Å²) in [4.78, 5) is 41.4. The second-order valence-electron chi connectivity index (χ2n) is 10.5. The Balaban J connectivity index is 1.43. The van der Waals surface area contributed by atoms with Crippen molar-refractivity contribution in [3.05, 3.63) is 122 Å². The molecule has 2 unspecified atom stereocenters. The third kappa shape index (κ3) is 4.86. The van der Waals surface area contributed by atoms with E-state index in [1.165, 1.54) is 6.26 Å². The Morgan fingerprint density at radius 1 is 1.02 bits per heavy atom. The van der Waals surface area contributed by atoms with Gasteiger partial charge in [0.1, 0.15) is 23.7 Å². The molecule has 1 N–H and O–H groups in total. The molecule has 2 aliphatic rings. The number of aryl methyl sites for hydroxylation is 1. The summed E-state index contributed by atoms with van der Waals surface area (Å²) in [5.74, 6) is -0.474. The van der Waals surface area contributed by atoms with Gasteiger partial charge >= 0.3 is 5.97 Å². The molecule has 41 heavy (non-hydrogen) atoms. The van der Waals surface area contributed by atoms with Gasteiger partial charge in [-0.15, -0.1) is 0 Å². The average molecular weight is 552 g/mol. The summed E-state index contributed by atoms with van der Waals surface area (Å²) >= 11 is 0. The lowest BCUT2D eigenvalue weighted by molar-refractivity contribution is -0.140. The molecule has 6 rings (SSSR count). The van der Waals surface area contributed by atoms with Crippen LogP contribution in [0.15, 0.2) is 103 Å². The number of carbonyl (C=O) groups is 2. The lowest BCUT2D eigenvalue weighted by Gasteiger charge is -2.35. The van der Waals surface area contributed by atoms with E-state index in [-0.39, 0.29) is 41.3 Å². The number of carbonyl (C=O) groups excluding carboxylic acids is 2. The fraction of sp³-hybridized carbons (Fsp3) is 0.242. The van der Waals surface area contributed by atoms with Crippen LogP contribution in [0.1, 0.15) is 54.1 Å². The minimum atomic E-state index is -0.944. The Bertz CT molecular complexity index is 1770. The summed E-state index contributed by atoms with van der Waals surface area (Å²) in [5.41, 5.74) is 3.81. The van der Waals surface area contributed by atoms with Gasteiger partial charge in [-0.05, 0) is 62.2 Å². The molecule has 208 valence electrons. The van der Waals surface area contributed by atoms with Gasteiger partial charge in [0.05, 0.1) is 36.5 Å². The molecule has 8 nitrogen and oxygen atoms in total. The summed E-state index contributed by atoms with van der Waals surface area (Å²) in [6.07, 6.45) is 3.64. The zero-order valence-corrected chi connectivity index (χ0v) is 23.0. The van der Waals surface area contributed by atoms with E-state index < -0.39 is 11.9 Å². The predicted octanol–water partition coefficient (Wildman–Crippen LogP) is 5.81. The monoisotopic (exact) mass is 551 g/mol. The quantitative estimate of drug-likeness (QED) is 0.299. The van der Waals surface area contributed by atoms with Crippen LogP contribution in [0.3, 0.4) is 0 Å². The number of benzene rings is 2. The molecule has 3 heterocycles. The normalized spacial score (nSPS) is 18.8. The Labute approximate surface area is 236 Å². The second kappa shape index (κ2) is 10.6. The number of allylic oxidation sites excluding steroid dienone is 3. The van der Waals surface area contributed by atoms with E-state index in [0.29, 0.717) is 40.1 Å². The van der Waals surface area contributed by atoms with E-state index in [2.05, 4.69) is 5.32 Å². The van der Waals surface area contributed by atoms with Crippen molar-refractivity contribution >= 4 is 22.7 Å². The van der Waals surface area contributed by atoms with Crippen LogP contribution in [0.4, 0.5) is 0 Å². The number of hydrogen-bond acceptors (Lipinski definition) is 8. The molecule has 0 saturated heterocycles. The summed E-state index contributed by atoms with van der Waals surface area (Å²) in [5, 5.41) is 3.69. The molecule has 1 aliphatic carbocycles. The molecule has 0 bridgehead atoms. The molecule has 8 heteroatoms. The first-order chi connectivity index (χ1) is 19.8. The zero-order chi connectivity index (χ0) is 28.7. The molecule has 2 aromatic carbocycles. The van der Waals surface area contributed by atoms with Crippen LogP contribution >= 0.6 is 0 Å². The fourth-order valence-electron chi connectivity index (χ4n) is 5.75. The van der Waals surface area contributed by atoms with Crippen molar-refractivity contribution in [2.45, 2.75) is 45.1 Å². The van der Waals surface area contributed by atoms with Gasteiger partial charge in [0, 0.05) is 34.9 Å². The number of dihydropyridines is 1. The van der Waals surface area contributed by atoms with E-state index in [4.69, 9.17) is 18.3 Å². The number of methoxy groups -OCH3 is 1. The lowest BCUT2D eigenvalue weighted by atomic mass is 9.72. The van der Waals surface area contributed by atoms with Gasteiger partial charge in [-0.2, -0.15) is 0 Å². The first-order valence-electron chi connectivity index (χ1n) is 13.4. The number of furan rings is 1. The minimum absolute atomic E-state index is 0.0122. The van der Waals surface area contributed by atoms with Crippen molar-refractivity contribution in [1.29, 1.82) is 0 Å². The number of rotatable bonds is 6. The first-order valence-corrected chi connectivity index (χ1v) is 13.4. The zero-order valence-electron chi connectivity index (χ0n) is 23.0. The van der Waals surface area contributed by atoms with E-state index in [9.17, 15) is 14.4 Å². The van der Waals surface area contributed by atoms with Gasteiger partial charge in [0.15, 0.2) is 11.2 Å². The Morgan fingerprint density at radius 2 is 1.83 bits per heavy atom. The SMILES string of the molecule is COc1ccc(COC(=O)C2=C(C)NC3=C(C(=O)CC(c4ccco4)C3)C2c2coc3ccc(C)cc3c2=O)cc1. The largest absolute Gasteiger partial charge is 0.497 e. The maximum Gasteiger partial charge on any atom is 0.337 e. The fourth-order valence-corrected chi connectivity index (χ4v) is 5.75. The van der Waals surface area contributed by atoms with Gasteiger partial charge in [0.25, 0.3) is 0 Å². The maximum absolute atomic E-state index is 13.9. The van der Waals surface area contributed by atoms with Crippen LogP contribution in [-0.4, -0.2) is 18.9 Å². The van der Waals surface area contributed by atoms with Crippen molar-refractivity contribution < 1.29 is 27.9 Å². The summed E-state index contributed by atoms with van der Waals surface area (Å²) in [7, 11) is 1.58. The highest BCUT2D eigenvalue weighted by atomic mass is 16.5. The highest BCUT2D eigenvalue weighted by molar-refractivity contribution is 6.04.